The first-order valence-electron chi connectivity index (χ1n) is 12.1. The van der Waals surface area contributed by atoms with Gasteiger partial charge in [-0.2, -0.15) is 18.3 Å². The Bertz CT molecular complexity index is 1450. The molecule has 0 bridgehead atoms. The smallest absolute Gasteiger partial charge is 0.404 e. The highest BCUT2D eigenvalue weighted by Gasteiger charge is 2.43. The number of nitrogens with two attached hydrogens (primary N) is 2. The quantitative estimate of drug-likeness (QED) is 0.289. The number of rotatable bonds is 9. The fourth-order valence-corrected chi connectivity index (χ4v) is 4.08. The summed E-state index contributed by atoms with van der Waals surface area (Å²) in [6.07, 6.45) is 1.63. The molecule has 1 aliphatic rings. The Kier molecular flexibility index (Phi) is 8.35. The van der Waals surface area contributed by atoms with Gasteiger partial charge in [-0.25, -0.2) is 14.3 Å². The monoisotopic (exact) mass is 559 g/mol. The predicted octanol–water partition coefficient (Wildman–Crippen LogP) is 1.64. The van der Waals surface area contributed by atoms with Crippen LogP contribution in [0.25, 0.3) is 22.5 Å². The molecule has 4 rings (SSSR count). The topological polar surface area (TPSA) is 165 Å². The summed E-state index contributed by atoms with van der Waals surface area (Å²) >= 11 is 0. The maximum absolute atomic E-state index is 12.4. The Morgan fingerprint density at radius 3 is 2.70 bits per heavy atom. The second-order valence-corrected chi connectivity index (χ2v) is 9.15. The molecule has 6 N–H and O–H groups in total. The zero-order chi connectivity index (χ0) is 28.9. The van der Waals surface area contributed by atoms with E-state index in [9.17, 15) is 22.8 Å². The number of carbonyl (C=O) groups is 2. The number of nitrogens with one attached hydrogen (secondary N) is 2. The van der Waals surface area contributed by atoms with Crippen LogP contribution >= 0.6 is 0 Å². The van der Waals surface area contributed by atoms with Crippen LogP contribution in [0.3, 0.4) is 0 Å². The number of anilines is 1. The summed E-state index contributed by atoms with van der Waals surface area (Å²) in [5, 5.41) is 8.61. The molecule has 0 unspecified atom stereocenters. The summed E-state index contributed by atoms with van der Waals surface area (Å²) < 4.78 is 43.5. The number of imidazole rings is 1. The van der Waals surface area contributed by atoms with Crippen molar-refractivity contribution in [1.29, 1.82) is 0 Å². The lowest BCUT2D eigenvalue weighted by atomic mass is 9.90. The molecule has 40 heavy (non-hydrogen) atoms. The van der Waals surface area contributed by atoms with Crippen LogP contribution in [-0.4, -0.2) is 89.3 Å². The van der Waals surface area contributed by atoms with E-state index in [2.05, 4.69) is 20.4 Å². The average molecular weight is 560 g/mol. The van der Waals surface area contributed by atoms with E-state index >= 15 is 0 Å². The number of methoxy groups -OCH3 is 1. The van der Waals surface area contributed by atoms with Crippen molar-refractivity contribution in [2.45, 2.75) is 11.7 Å². The molecule has 0 radical (unpaired) electrons. The fraction of sp³-hybridized carbons (Fsp3) is 0.320. The van der Waals surface area contributed by atoms with Gasteiger partial charge < -0.3 is 31.7 Å². The maximum Gasteiger partial charge on any atom is 0.405 e. The molecule has 1 aromatic carbocycles. The van der Waals surface area contributed by atoms with Crippen molar-refractivity contribution in [2.24, 2.45) is 16.5 Å². The van der Waals surface area contributed by atoms with Crippen LogP contribution in [0.15, 0.2) is 53.9 Å². The SMILES string of the molecule is COCC(=O)N1CC(CN)(N=CC(=CN)c2cnn3c(-c4cccc(NC(=O)NCC(F)(F)F)c4)cnc3c2)C1. The van der Waals surface area contributed by atoms with Crippen molar-refractivity contribution in [2.75, 3.05) is 45.2 Å². The van der Waals surface area contributed by atoms with Crippen LogP contribution in [-0.2, 0) is 9.53 Å². The molecule has 3 heterocycles. The number of halogens is 3. The third kappa shape index (κ3) is 6.55. The third-order valence-electron chi connectivity index (χ3n) is 6.19. The van der Waals surface area contributed by atoms with Crippen LogP contribution in [0, 0.1) is 0 Å². The first kappa shape index (κ1) is 28.5. The largest absolute Gasteiger partial charge is 0.405 e. The van der Waals surface area contributed by atoms with Crippen molar-refractivity contribution in [3.05, 3.63) is 54.5 Å². The minimum atomic E-state index is -4.51. The number of urea groups is 1. The highest BCUT2D eigenvalue weighted by atomic mass is 19.4. The minimum Gasteiger partial charge on any atom is -0.404 e. The van der Waals surface area contributed by atoms with Crippen LogP contribution in [0.4, 0.5) is 23.7 Å². The molecule has 1 aliphatic heterocycles. The normalized spacial score (nSPS) is 15.3. The van der Waals surface area contributed by atoms with E-state index in [1.54, 1.807) is 63.7 Å². The number of hydrogen-bond donors (Lipinski definition) is 4. The number of ether oxygens (including phenoxy) is 1. The van der Waals surface area contributed by atoms with Gasteiger partial charge in [0.1, 0.15) is 18.7 Å². The van der Waals surface area contributed by atoms with Gasteiger partial charge in [-0.15, -0.1) is 0 Å². The molecule has 0 saturated carbocycles. The Hall–Kier alpha value is -4.50. The molecule has 15 heteroatoms. The number of hydrogen-bond acceptors (Lipinski definition) is 8. The fourth-order valence-electron chi connectivity index (χ4n) is 4.08. The summed E-state index contributed by atoms with van der Waals surface area (Å²) in [6.45, 7) is -0.454. The molecule has 12 nitrogen and oxygen atoms in total. The summed E-state index contributed by atoms with van der Waals surface area (Å²) in [6, 6.07) is 7.32. The molecular formula is C25H28F3N9O3. The van der Waals surface area contributed by atoms with Gasteiger partial charge in [0.05, 0.1) is 18.1 Å². The zero-order valence-corrected chi connectivity index (χ0v) is 21.5. The van der Waals surface area contributed by atoms with E-state index < -0.39 is 24.3 Å². The number of aromatic nitrogens is 3. The van der Waals surface area contributed by atoms with Crippen LogP contribution in [0.1, 0.15) is 5.56 Å². The molecule has 1 saturated heterocycles. The Morgan fingerprint density at radius 2 is 2.02 bits per heavy atom. The number of fused-ring (bicyclic) bond motifs is 1. The van der Waals surface area contributed by atoms with E-state index in [4.69, 9.17) is 16.2 Å². The number of likely N-dealkylation sites (tertiary alicyclic amines) is 1. The molecular weight excluding hydrogens is 531 g/mol. The van der Waals surface area contributed by atoms with Crippen LogP contribution in [0.5, 0.6) is 0 Å². The molecule has 3 amide bonds. The van der Waals surface area contributed by atoms with Gasteiger partial charge in [0.2, 0.25) is 5.91 Å². The first-order valence-corrected chi connectivity index (χ1v) is 12.1. The van der Waals surface area contributed by atoms with E-state index in [0.29, 0.717) is 46.8 Å². The average Bonchev–Trinajstić information content (AvgIpc) is 3.32. The van der Waals surface area contributed by atoms with Gasteiger partial charge in [-0.3, -0.25) is 9.79 Å². The lowest BCUT2D eigenvalue weighted by Crippen LogP contribution is -2.66. The second-order valence-electron chi connectivity index (χ2n) is 9.15. The molecule has 212 valence electrons. The standard InChI is InChI=1S/C25H28F3N9O3/c1-40-11-22(38)36-14-24(12-30,15-36)33-8-18(7-29)17-6-21-31-10-20(37(21)34-9-17)16-3-2-4-19(5-16)35-23(39)32-13-25(26,27)28/h2-10H,11-15,29-30H2,1H3,(H2,32,35,39). The van der Waals surface area contributed by atoms with Gasteiger partial charge in [0, 0.05) is 61.5 Å². The van der Waals surface area contributed by atoms with Crippen LogP contribution in [0.2, 0.25) is 0 Å². The maximum atomic E-state index is 12.4. The Balaban J connectivity index is 1.48. The lowest BCUT2D eigenvalue weighted by molar-refractivity contribution is -0.142. The summed E-state index contributed by atoms with van der Waals surface area (Å²) in [7, 11) is 1.46. The number of amides is 3. The first-order chi connectivity index (χ1) is 19.1. The number of benzene rings is 1. The Morgan fingerprint density at radius 1 is 1.25 bits per heavy atom. The number of nitrogens with zero attached hydrogens (tertiary/aromatic N) is 5. The van der Waals surface area contributed by atoms with E-state index in [1.165, 1.54) is 13.3 Å². The highest BCUT2D eigenvalue weighted by Crippen LogP contribution is 2.27. The number of aliphatic imine (C=N–C) groups is 1. The summed E-state index contributed by atoms with van der Waals surface area (Å²) in [5.41, 5.74) is 14.4. The summed E-state index contributed by atoms with van der Waals surface area (Å²) in [5.74, 6) is -0.132. The zero-order valence-electron chi connectivity index (χ0n) is 21.5. The van der Waals surface area contributed by atoms with E-state index in [-0.39, 0.29) is 19.1 Å². The minimum absolute atomic E-state index is 0.00555. The predicted molar refractivity (Wildman–Crippen MR) is 142 cm³/mol. The molecule has 0 atom stereocenters. The molecule has 2 aromatic heterocycles. The van der Waals surface area contributed by atoms with Gasteiger partial charge in [-0.05, 0) is 18.2 Å². The van der Waals surface area contributed by atoms with Crippen molar-refractivity contribution in [3.8, 4) is 11.3 Å². The molecule has 1 fully saturated rings. The van der Waals surface area contributed by atoms with Crippen molar-refractivity contribution < 1.29 is 27.5 Å². The van der Waals surface area contributed by atoms with E-state index in [0.717, 1.165) is 0 Å². The Labute approximate surface area is 226 Å². The van der Waals surface area contributed by atoms with Gasteiger partial charge in [0.25, 0.3) is 0 Å². The van der Waals surface area contributed by atoms with Crippen molar-refractivity contribution >= 4 is 35.1 Å². The van der Waals surface area contributed by atoms with Gasteiger partial charge in [0.15, 0.2) is 5.65 Å². The van der Waals surface area contributed by atoms with Crippen molar-refractivity contribution in [1.82, 2.24) is 24.8 Å². The third-order valence-corrected chi connectivity index (χ3v) is 6.19. The van der Waals surface area contributed by atoms with E-state index in [1.807, 2.05) is 0 Å². The highest BCUT2D eigenvalue weighted by molar-refractivity contribution is 6.10. The molecule has 0 aliphatic carbocycles. The van der Waals surface area contributed by atoms with Gasteiger partial charge >= 0.3 is 12.2 Å². The van der Waals surface area contributed by atoms with Gasteiger partial charge in [-0.1, -0.05) is 12.1 Å². The lowest BCUT2D eigenvalue weighted by Gasteiger charge is -2.46. The number of allylic oxidation sites excluding steroid dienone is 1. The second kappa shape index (κ2) is 11.7. The molecule has 3 aromatic rings. The van der Waals surface area contributed by atoms with Crippen LogP contribution < -0.4 is 22.1 Å². The molecule has 0 spiro atoms. The number of alkyl halides is 3. The van der Waals surface area contributed by atoms with Crippen molar-refractivity contribution in [3.63, 3.8) is 0 Å². The number of carbonyl (C=O) groups excluding carboxylic acids is 2. The summed E-state index contributed by atoms with van der Waals surface area (Å²) in [4.78, 5) is 34.5.